The molecule has 0 amide bonds. The minimum atomic E-state index is -0.131. The van der Waals surface area contributed by atoms with Gasteiger partial charge in [-0.3, -0.25) is 0 Å². The SMILES string of the molecule is CCC/C=C/CC(O)CC. The van der Waals surface area contributed by atoms with Gasteiger partial charge >= 0.3 is 0 Å². The lowest BCUT2D eigenvalue weighted by Crippen LogP contribution is -2.00. The van der Waals surface area contributed by atoms with E-state index in [1.165, 1.54) is 6.42 Å². The van der Waals surface area contributed by atoms with Crippen molar-refractivity contribution in [3.63, 3.8) is 0 Å². The zero-order chi connectivity index (χ0) is 7.82. The van der Waals surface area contributed by atoms with Crippen molar-refractivity contribution in [3.8, 4) is 0 Å². The molecule has 60 valence electrons. The highest BCUT2D eigenvalue weighted by molar-refractivity contribution is 4.83. The second kappa shape index (κ2) is 6.81. The lowest BCUT2D eigenvalue weighted by Gasteiger charge is -2.00. The van der Waals surface area contributed by atoms with E-state index in [1.807, 2.05) is 6.92 Å². The third-order valence-electron chi connectivity index (χ3n) is 1.50. The van der Waals surface area contributed by atoms with E-state index in [-0.39, 0.29) is 6.10 Å². The van der Waals surface area contributed by atoms with Gasteiger partial charge in [-0.15, -0.1) is 0 Å². The van der Waals surface area contributed by atoms with Crippen molar-refractivity contribution in [2.45, 2.75) is 45.6 Å². The van der Waals surface area contributed by atoms with Crippen LogP contribution in [0.1, 0.15) is 39.5 Å². The van der Waals surface area contributed by atoms with Crippen molar-refractivity contribution in [2.24, 2.45) is 0 Å². The first kappa shape index (κ1) is 9.70. The van der Waals surface area contributed by atoms with Crippen LogP contribution in [-0.2, 0) is 0 Å². The Morgan fingerprint density at radius 3 is 2.50 bits per heavy atom. The number of hydrogen-bond donors (Lipinski definition) is 1. The lowest BCUT2D eigenvalue weighted by molar-refractivity contribution is 0.173. The van der Waals surface area contributed by atoms with Crippen molar-refractivity contribution in [1.82, 2.24) is 0 Å². The standard InChI is InChI=1S/C9H18O/c1-3-5-6-7-8-9(10)4-2/h6-7,9-10H,3-5,8H2,1-2H3/b7-6+. The first-order chi connectivity index (χ1) is 4.81. The van der Waals surface area contributed by atoms with Crippen molar-refractivity contribution in [2.75, 3.05) is 0 Å². The van der Waals surface area contributed by atoms with Gasteiger partial charge in [-0.25, -0.2) is 0 Å². The van der Waals surface area contributed by atoms with E-state index in [0.717, 1.165) is 19.3 Å². The molecule has 0 heterocycles. The van der Waals surface area contributed by atoms with Gasteiger partial charge in [0.05, 0.1) is 6.10 Å². The smallest absolute Gasteiger partial charge is 0.0572 e. The molecule has 10 heavy (non-hydrogen) atoms. The van der Waals surface area contributed by atoms with Crippen LogP contribution in [0.5, 0.6) is 0 Å². The zero-order valence-electron chi connectivity index (χ0n) is 7.01. The summed E-state index contributed by atoms with van der Waals surface area (Å²) in [6, 6.07) is 0. The van der Waals surface area contributed by atoms with Gasteiger partial charge in [0.25, 0.3) is 0 Å². The highest BCUT2D eigenvalue weighted by atomic mass is 16.3. The minimum absolute atomic E-state index is 0.131. The van der Waals surface area contributed by atoms with Crippen molar-refractivity contribution >= 4 is 0 Å². The quantitative estimate of drug-likeness (QED) is 0.585. The monoisotopic (exact) mass is 142 g/mol. The van der Waals surface area contributed by atoms with Crippen molar-refractivity contribution in [1.29, 1.82) is 0 Å². The largest absolute Gasteiger partial charge is 0.393 e. The van der Waals surface area contributed by atoms with Crippen LogP contribution >= 0.6 is 0 Å². The maximum Gasteiger partial charge on any atom is 0.0572 e. The number of hydrogen-bond acceptors (Lipinski definition) is 1. The summed E-state index contributed by atoms with van der Waals surface area (Å²) in [7, 11) is 0. The van der Waals surface area contributed by atoms with Crippen LogP contribution in [0.3, 0.4) is 0 Å². The Hall–Kier alpha value is -0.300. The maximum atomic E-state index is 9.11. The van der Waals surface area contributed by atoms with Crippen LogP contribution in [0.2, 0.25) is 0 Å². The summed E-state index contributed by atoms with van der Waals surface area (Å²) in [5, 5.41) is 9.11. The normalized spacial score (nSPS) is 14.3. The number of unbranched alkanes of at least 4 members (excludes halogenated alkanes) is 1. The van der Waals surface area contributed by atoms with Gasteiger partial charge in [0.1, 0.15) is 0 Å². The molecule has 1 unspecified atom stereocenters. The summed E-state index contributed by atoms with van der Waals surface area (Å²) in [4.78, 5) is 0. The average Bonchev–Trinajstić information content (AvgIpc) is 1.98. The highest BCUT2D eigenvalue weighted by Crippen LogP contribution is 1.98. The van der Waals surface area contributed by atoms with Crippen molar-refractivity contribution in [3.05, 3.63) is 12.2 Å². The summed E-state index contributed by atoms with van der Waals surface area (Å²) >= 11 is 0. The Balaban J connectivity index is 3.16. The van der Waals surface area contributed by atoms with E-state index in [9.17, 15) is 0 Å². The molecule has 1 nitrogen and oxygen atoms in total. The third-order valence-corrected chi connectivity index (χ3v) is 1.50. The minimum Gasteiger partial charge on any atom is -0.393 e. The Kier molecular flexibility index (Phi) is 6.61. The Morgan fingerprint density at radius 2 is 2.00 bits per heavy atom. The fourth-order valence-corrected chi connectivity index (χ4v) is 0.704. The maximum absolute atomic E-state index is 9.11. The molecule has 0 radical (unpaired) electrons. The molecule has 0 aliphatic heterocycles. The summed E-state index contributed by atoms with van der Waals surface area (Å²) in [5.41, 5.74) is 0. The Labute approximate surface area is 63.8 Å². The Morgan fingerprint density at radius 1 is 1.30 bits per heavy atom. The topological polar surface area (TPSA) is 20.2 Å². The van der Waals surface area contributed by atoms with Crippen LogP contribution in [0.4, 0.5) is 0 Å². The molecule has 0 aromatic heterocycles. The molecule has 0 saturated carbocycles. The van der Waals surface area contributed by atoms with Gasteiger partial charge in [0.15, 0.2) is 0 Å². The van der Waals surface area contributed by atoms with E-state index < -0.39 is 0 Å². The van der Waals surface area contributed by atoms with E-state index >= 15 is 0 Å². The predicted octanol–water partition coefficient (Wildman–Crippen LogP) is 2.50. The number of rotatable bonds is 5. The zero-order valence-corrected chi connectivity index (χ0v) is 7.01. The van der Waals surface area contributed by atoms with Gasteiger partial charge in [-0.1, -0.05) is 32.4 Å². The molecular formula is C9H18O. The molecule has 1 heteroatoms. The molecule has 0 aromatic carbocycles. The van der Waals surface area contributed by atoms with Gasteiger partial charge in [0, 0.05) is 0 Å². The molecule has 0 spiro atoms. The summed E-state index contributed by atoms with van der Waals surface area (Å²) in [5.74, 6) is 0. The van der Waals surface area contributed by atoms with Gasteiger partial charge in [-0.05, 0) is 19.3 Å². The fraction of sp³-hybridized carbons (Fsp3) is 0.778. The first-order valence-corrected chi connectivity index (χ1v) is 4.14. The molecule has 0 aliphatic rings. The van der Waals surface area contributed by atoms with Gasteiger partial charge in [-0.2, -0.15) is 0 Å². The summed E-state index contributed by atoms with van der Waals surface area (Å²) in [6.45, 7) is 4.15. The molecule has 0 saturated heterocycles. The number of aliphatic hydroxyl groups is 1. The summed E-state index contributed by atoms with van der Waals surface area (Å²) in [6.07, 6.45) is 8.08. The first-order valence-electron chi connectivity index (χ1n) is 4.14. The van der Waals surface area contributed by atoms with E-state index in [1.54, 1.807) is 0 Å². The molecule has 1 N–H and O–H groups in total. The van der Waals surface area contributed by atoms with Gasteiger partial charge < -0.3 is 5.11 Å². The average molecular weight is 142 g/mol. The van der Waals surface area contributed by atoms with Crippen LogP contribution in [0.25, 0.3) is 0 Å². The third kappa shape index (κ3) is 5.83. The van der Waals surface area contributed by atoms with E-state index in [2.05, 4.69) is 19.1 Å². The molecular weight excluding hydrogens is 124 g/mol. The molecule has 1 atom stereocenters. The van der Waals surface area contributed by atoms with E-state index in [0.29, 0.717) is 0 Å². The molecule has 0 bridgehead atoms. The van der Waals surface area contributed by atoms with Gasteiger partial charge in [0.2, 0.25) is 0 Å². The lowest BCUT2D eigenvalue weighted by atomic mass is 10.2. The van der Waals surface area contributed by atoms with Crippen LogP contribution < -0.4 is 0 Å². The second-order valence-electron chi connectivity index (χ2n) is 2.56. The molecule has 0 aromatic rings. The van der Waals surface area contributed by atoms with Crippen LogP contribution in [-0.4, -0.2) is 11.2 Å². The Bertz CT molecular complexity index is 86.7. The second-order valence-corrected chi connectivity index (χ2v) is 2.56. The van der Waals surface area contributed by atoms with E-state index in [4.69, 9.17) is 5.11 Å². The number of aliphatic hydroxyl groups excluding tert-OH is 1. The van der Waals surface area contributed by atoms with Crippen LogP contribution in [0, 0.1) is 0 Å². The highest BCUT2D eigenvalue weighted by Gasteiger charge is 1.93. The fourth-order valence-electron chi connectivity index (χ4n) is 0.704. The predicted molar refractivity (Wildman–Crippen MR) is 45.0 cm³/mol. The molecule has 0 fully saturated rings. The molecule has 0 rings (SSSR count). The summed E-state index contributed by atoms with van der Waals surface area (Å²) < 4.78 is 0. The molecule has 0 aliphatic carbocycles. The number of allylic oxidation sites excluding steroid dienone is 1. The van der Waals surface area contributed by atoms with Crippen molar-refractivity contribution < 1.29 is 5.11 Å². The van der Waals surface area contributed by atoms with Crippen LogP contribution in [0.15, 0.2) is 12.2 Å².